The lowest BCUT2D eigenvalue weighted by Crippen LogP contribution is -2.51. The van der Waals surface area contributed by atoms with E-state index >= 15 is 0 Å². The van der Waals surface area contributed by atoms with Crippen molar-refractivity contribution < 1.29 is 27.5 Å². The number of methoxy groups -OCH3 is 1. The van der Waals surface area contributed by atoms with E-state index in [1.807, 2.05) is 30.3 Å². The first-order chi connectivity index (χ1) is 18.2. The van der Waals surface area contributed by atoms with Gasteiger partial charge in [0.05, 0.1) is 19.3 Å². The highest BCUT2D eigenvalue weighted by atomic mass is 35.5. The van der Waals surface area contributed by atoms with Crippen molar-refractivity contribution in [3.8, 4) is 11.4 Å². The van der Waals surface area contributed by atoms with Crippen molar-refractivity contribution in [3.05, 3.63) is 65.5 Å². The molecule has 210 valence electrons. The summed E-state index contributed by atoms with van der Waals surface area (Å²) in [6.45, 7) is 1.27. The second-order valence-corrected chi connectivity index (χ2v) is 9.06. The van der Waals surface area contributed by atoms with E-state index < -0.39 is 12.0 Å². The maximum Gasteiger partial charge on any atom is 0.453 e. The largest absolute Gasteiger partial charge is 0.496 e. The van der Waals surface area contributed by atoms with Gasteiger partial charge in [-0.25, -0.2) is 0 Å². The Hall–Kier alpha value is -3.71. The van der Waals surface area contributed by atoms with Crippen LogP contribution in [0.5, 0.6) is 5.75 Å². The zero-order valence-corrected chi connectivity index (χ0v) is 22.2. The Kier molecular flexibility index (Phi) is 9.86. The fraction of sp³-hybridized carbons (Fsp3) is 0.400. The van der Waals surface area contributed by atoms with Crippen molar-refractivity contribution >= 4 is 24.7 Å². The average Bonchev–Trinajstić information content (AvgIpc) is 3.43. The zero-order valence-electron chi connectivity index (χ0n) is 21.3. The number of benzene rings is 2. The predicted octanol–water partition coefficient (Wildman–Crippen LogP) is 2.67. The molecular weight excluding hydrogens is 539 g/mol. The Labute approximate surface area is 229 Å². The molecule has 2 heterocycles. The van der Waals surface area contributed by atoms with Gasteiger partial charge in [-0.05, 0) is 40.6 Å². The molecule has 39 heavy (non-hydrogen) atoms. The van der Waals surface area contributed by atoms with Crippen LogP contribution in [-0.4, -0.2) is 82.2 Å². The van der Waals surface area contributed by atoms with Crippen LogP contribution in [0.4, 0.5) is 13.2 Å². The Morgan fingerprint density at radius 2 is 1.97 bits per heavy atom. The van der Waals surface area contributed by atoms with Crippen LogP contribution in [0.15, 0.2) is 48.5 Å². The van der Waals surface area contributed by atoms with Crippen LogP contribution in [0.3, 0.4) is 0 Å². The fourth-order valence-electron chi connectivity index (χ4n) is 4.63. The van der Waals surface area contributed by atoms with Crippen molar-refractivity contribution in [2.75, 3.05) is 33.8 Å². The minimum absolute atomic E-state index is 0. The highest BCUT2D eigenvalue weighted by Gasteiger charge is 2.38. The van der Waals surface area contributed by atoms with Crippen LogP contribution in [0, 0.1) is 0 Å². The Morgan fingerprint density at radius 3 is 2.64 bits per heavy atom. The quantitative estimate of drug-likeness (QED) is 0.396. The normalized spacial score (nSPS) is 17.3. The smallest absolute Gasteiger partial charge is 0.453 e. The van der Waals surface area contributed by atoms with Crippen molar-refractivity contribution in [1.29, 1.82) is 0 Å². The monoisotopic (exact) mass is 567 g/mol. The highest BCUT2D eigenvalue weighted by molar-refractivity contribution is 5.85. The summed E-state index contributed by atoms with van der Waals surface area (Å²) in [5.74, 6) is -0.886. The van der Waals surface area contributed by atoms with Gasteiger partial charge in [-0.1, -0.05) is 30.3 Å². The van der Waals surface area contributed by atoms with Gasteiger partial charge in [0.25, 0.3) is 5.82 Å². The molecule has 0 saturated carbocycles. The molecule has 2 aromatic carbocycles. The molecule has 0 aliphatic carbocycles. The molecule has 4 rings (SSSR count). The molecule has 1 saturated heterocycles. The third kappa shape index (κ3) is 7.03. The number of ether oxygens (including phenoxy) is 1. The van der Waals surface area contributed by atoms with Gasteiger partial charge in [-0.3, -0.25) is 9.59 Å². The molecular formula is C25H29ClF3N7O3. The SMILES string of the molecule is COc1ccc(-n2nnnc2C(F)(F)F)cc1CNC1CCN(C(=O)CN(C)C=O)CC1c1ccccc1.Cl. The summed E-state index contributed by atoms with van der Waals surface area (Å²) in [5, 5.41) is 13.3. The number of likely N-dealkylation sites (tertiary alicyclic amines) is 1. The van der Waals surface area contributed by atoms with Crippen LogP contribution in [0.25, 0.3) is 5.69 Å². The number of nitrogens with one attached hydrogen (secondary N) is 1. The van der Waals surface area contributed by atoms with E-state index in [2.05, 4.69) is 20.8 Å². The summed E-state index contributed by atoms with van der Waals surface area (Å²) in [6.07, 6.45) is -3.45. The first kappa shape index (κ1) is 29.8. The van der Waals surface area contributed by atoms with Crippen molar-refractivity contribution in [2.45, 2.75) is 31.1 Å². The lowest BCUT2D eigenvalue weighted by Gasteiger charge is -2.40. The topological polar surface area (TPSA) is 105 Å². The first-order valence-electron chi connectivity index (χ1n) is 12.0. The number of alkyl halides is 3. The molecule has 1 aliphatic heterocycles. The average molecular weight is 568 g/mol. The van der Waals surface area contributed by atoms with Gasteiger partial charge >= 0.3 is 6.18 Å². The van der Waals surface area contributed by atoms with Crippen LogP contribution in [-0.2, 0) is 22.3 Å². The fourth-order valence-corrected chi connectivity index (χ4v) is 4.63. The van der Waals surface area contributed by atoms with Crippen molar-refractivity contribution in [3.63, 3.8) is 0 Å². The number of halogens is 4. The number of piperidine rings is 1. The first-order valence-corrected chi connectivity index (χ1v) is 12.0. The van der Waals surface area contributed by atoms with Gasteiger partial charge in [0, 0.05) is 44.2 Å². The summed E-state index contributed by atoms with van der Waals surface area (Å²) in [5.41, 5.74) is 1.83. The van der Waals surface area contributed by atoms with E-state index in [0.717, 1.165) is 5.56 Å². The van der Waals surface area contributed by atoms with Gasteiger partial charge in [0.2, 0.25) is 12.3 Å². The van der Waals surface area contributed by atoms with E-state index in [1.165, 1.54) is 18.1 Å². The molecule has 3 aromatic rings. The maximum atomic E-state index is 13.3. The van der Waals surface area contributed by atoms with E-state index in [1.54, 1.807) is 24.1 Å². The third-order valence-corrected chi connectivity index (χ3v) is 6.54. The summed E-state index contributed by atoms with van der Waals surface area (Å²) in [7, 11) is 3.05. The van der Waals surface area contributed by atoms with Gasteiger partial charge in [-0.15, -0.1) is 17.5 Å². The molecule has 0 radical (unpaired) electrons. The Balaban J connectivity index is 0.00000420. The number of likely N-dealkylation sites (N-methyl/N-ethyl adjacent to an activating group) is 1. The minimum atomic E-state index is -4.71. The number of aromatic nitrogens is 4. The number of tetrazole rings is 1. The second-order valence-electron chi connectivity index (χ2n) is 9.06. The summed E-state index contributed by atoms with van der Waals surface area (Å²) >= 11 is 0. The zero-order chi connectivity index (χ0) is 27.3. The molecule has 0 bridgehead atoms. The molecule has 2 amide bonds. The van der Waals surface area contributed by atoms with Crippen LogP contribution in [0.1, 0.15) is 29.3 Å². The Morgan fingerprint density at radius 1 is 1.23 bits per heavy atom. The molecule has 2 atom stereocenters. The number of hydrogen-bond acceptors (Lipinski definition) is 7. The number of hydrogen-bond donors (Lipinski definition) is 1. The van der Waals surface area contributed by atoms with Crippen molar-refractivity contribution in [1.82, 2.24) is 35.3 Å². The number of rotatable bonds is 9. The molecule has 1 N–H and O–H groups in total. The lowest BCUT2D eigenvalue weighted by molar-refractivity contribution is -0.146. The predicted molar refractivity (Wildman–Crippen MR) is 138 cm³/mol. The summed E-state index contributed by atoms with van der Waals surface area (Å²) in [6, 6.07) is 14.4. The van der Waals surface area contributed by atoms with Gasteiger partial charge in [-0.2, -0.15) is 17.9 Å². The number of nitrogens with zero attached hydrogens (tertiary/aromatic N) is 6. The highest BCUT2D eigenvalue weighted by Crippen LogP contribution is 2.31. The maximum absolute atomic E-state index is 13.3. The van der Waals surface area contributed by atoms with Gasteiger partial charge in [0.15, 0.2) is 0 Å². The number of amides is 2. The van der Waals surface area contributed by atoms with Crippen LogP contribution < -0.4 is 10.1 Å². The van der Waals surface area contributed by atoms with E-state index in [0.29, 0.717) is 48.5 Å². The summed E-state index contributed by atoms with van der Waals surface area (Å²) in [4.78, 5) is 26.8. The van der Waals surface area contributed by atoms with Crippen molar-refractivity contribution in [2.24, 2.45) is 0 Å². The van der Waals surface area contributed by atoms with Gasteiger partial charge < -0.3 is 19.9 Å². The molecule has 2 unspecified atom stereocenters. The molecule has 1 fully saturated rings. The minimum Gasteiger partial charge on any atom is -0.496 e. The molecule has 1 aromatic heterocycles. The Bertz CT molecular complexity index is 1260. The van der Waals surface area contributed by atoms with Gasteiger partial charge in [0.1, 0.15) is 5.75 Å². The lowest BCUT2D eigenvalue weighted by atomic mass is 9.85. The molecule has 1 aliphatic rings. The molecule has 14 heteroatoms. The van der Waals surface area contributed by atoms with E-state index in [-0.39, 0.29) is 42.5 Å². The number of carbonyl (C=O) groups excluding carboxylic acids is 2. The van der Waals surface area contributed by atoms with E-state index in [4.69, 9.17) is 4.74 Å². The van der Waals surface area contributed by atoms with E-state index in [9.17, 15) is 22.8 Å². The standard InChI is InChI=1S/C25H28F3N7O3.ClH/c1-33(16-36)15-23(37)34-11-10-21(20(14-34)17-6-4-3-5-7-17)29-13-18-12-19(8-9-22(18)38-2)35-24(25(26,27)28)30-31-32-35;/h3-9,12,16,20-21,29H,10-11,13-15H2,1-2H3;1H. The second kappa shape index (κ2) is 12.9. The third-order valence-electron chi connectivity index (χ3n) is 6.54. The summed E-state index contributed by atoms with van der Waals surface area (Å²) < 4.78 is 46.1. The van der Waals surface area contributed by atoms with Crippen LogP contribution >= 0.6 is 12.4 Å². The molecule has 10 nitrogen and oxygen atoms in total. The number of carbonyl (C=O) groups is 2. The van der Waals surface area contributed by atoms with Crippen LogP contribution in [0.2, 0.25) is 0 Å². The molecule has 0 spiro atoms.